The van der Waals surface area contributed by atoms with Crippen molar-refractivity contribution in [3.05, 3.63) is 18.1 Å². The van der Waals surface area contributed by atoms with Crippen LogP contribution in [0.1, 0.15) is 42.6 Å². The average Bonchev–Trinajstić information content (AvgIpc) is 3.16. The predicted octanol–water partition coefficient (Wildman–Crippen LogP) is 0.503. The van der Waals surface area contributed by atoms with Crippen molar-refractivity contribution in [2.75, 3.05) is 51.2 Å². The van der Waals surface area contributed by atoms with Crippen LogP contribution < -0.4 is 10.2 Å². The number of nitrogens with one attached hydrogen (secondary N) is 1. The quantitative estimate of drug-likeness (QED) is 0.814. The second-order valence-electron chi connectivity index (χ2n) is 7.93. The van der Waals surface area contributed by atoms with Crippen LogP contribution in [0.5, 0.6) is 0 Å². The zero-order valence-corrected chi connectivity index (χ0v) is 16.0. The zero-order chi connectivity index (χ0) is 18.9. The first kappa shape index (κ1) is 18.2. The fraction of sp³-hybridized carbons (Fsp3) is 0.684. The minimum absolute atomic E-state index is 0.0186. The number of nitrogens with zero attached hydrogens (tertiary/aromatic N) is 5. The number of carbonyl (C=O) groups is 2. The van der Waals surface area contributed by atoms with Crippen molar-refractivity contribution in [3.8, 4) is 0 Å². The fourth-order valence-corrected chi connectivity index (χ4v) is 4.49. The summed E-state index contributed by atoms with van der Waals surface area (Å²) in [6.45, 7) is 4.87. The Balaban J connectivity index is 1.53. The second-order valence-corrected chi connectivity index (χ2v) is 7.93. The van der Waals surface area contributed by atoms with E-state index in [2.05, 4.69) is 32.1 Å². The van der Waals surface area contributed by atoms with E-state index in [9.17, 15) is 9.59 Å². The summed E-state index contributed by atoms with van der Waals surface area (Å²) in [5.41, 5.74) is 0.383. The van der Waals surface area contributed by atoms with Gasteiger partial charge in [-0.1, -0.05) is 0 Å². The van der Waals surface area contributed by atoms with Gasteiger partial charge < -0.3 is 15.1 Å². The summed E-state index contributed by atoms with van der Waals surface area (Å²) >= 11 is 0. The van der Waals surface area contributed by atoms with E-state index in [1.807, 2.05) is 4.90 Å². The van der Waals surface area contributed by atoms with Gasteiger partial charge in [-0.2, -0.15) is 0 Å². The molecular weight excluding hydrogens is 344 g/mol. The Morgan fingerprint density at radius 2 is 1.96 bits per heavy atom. The molecule has 0 saturated carbocycles. The van der Waals surface area contributed by atoms with Crippen molar-refractivity contribution in [3.63, 3.8) is 0 Å². The first-order valence-electron chi connectivity index (χ1n) is 9.92. The Hall–Kier alpha value is -2.22. The molecule has 2 amide bonds. The molecule has 1 N–H and O–H groups in total. The van der Waals surface area contributed by atoms with Crippen molar-refractivity contribution >= 4 is 17.6 Å². The van der Waals surface area contributed by atoms with Crippen LogP contribution >= 0.6 is 0 Å². The Morgan fingerprint density at radius 1 is 1.15 bits per heavy atom. The van der Waals surface area contributed by atoms with Gasteiger partial charge in [0.25, 0.3) is 5.91 Å². The molecule has 0 aromatic carbocycles. The Bertz CT molecular complexity index is 720. The van der Waals surface area contributed by atoms with Gasteiger partial charge in [0, 0.05) is 51.2 Å². The first-order chi connectivity index (χ1) is 13.1. The van der Waals surface area contributed by atoms with E-state index in [1.54, 1.807) is 12.4 Å². The summed E-state index contributed by atoms with van der Waals surface area (Å²) in [6, 6.07) is 0. The number of aromatic nitrogens is 2. The molecule has 4 heterocycles. The van der Waals surface area contributed by atoms with Crippen LogP contribution in [0, 0.1) is 0 Å². The molecule has 27 heavy (non-hydrogen) atoms. The number of anilines is 1. The van der Waals surface area contributed by atoms with Crippen LogP contribution in [-0.2, 0) is 4.79 Å². The Kier molecular flexibility index (Phi) is 4.99. The molecule has 4 rings (SSSR count). The Labute approximate surface area is 159 Å². The van der Waals surface area contributed by atoms with Crippen molar-refractivity contribution in [1.29, 1.82) is 0 Å². The average molecular weight is 372 g/mol. The van der Waals surface area contributed by atoms with Gasteiger partial charge >= 0.3 is 0 Å². The van der Waals surface area contributed by atoms with Gasteiger partial charge in [-0.05, 0) is 32.7 Å². The lowest BCUT2D eigenvalue weighted by atomic mass is 9.86. The third-order valence-electron chi connectivity index (χ3n) is 6.29. The number of hydrogen-bond donors (Lipinski definition) is 1. The van der Waals surface area contributed by atoms with Gasteiger partial charge in [-0.25, -0.2) is 4.98 Å². The number of hydrogen-bond acceptors (Lipinski definition) is 6. The van der Waals surface area contributed by atoms with Crippen LogP contribution in [0.25, 0.3) is 0 Å². The molecule has 0 bridgehead atoms. The highest BCUT2D eigenvalue weighted by Gasteiger charge is 2.41. The van der Waals surface area contributed by atoms with Gasteiger partial charge in [0.2, 0.25) is 5.91 Å². The number of rotatable bonds is 2. The molecule has 1 spiro atoms. The first-order valence-corrected chi connectivity index (χ1v) is 9.92. The van der Waals surface area contributed by atoms with Gasteiger partial charge in [0.05, 0.1) is 12.4 Å². The maximum atomic E-state index is 12.7. The molecule has 1 aromatic heterocycles. The van der Waals surface area contributed by atoms with E-state index >= 15 is 0 Å². The third-order valence-corrected chi connectivity index (χ3v) is 6.29. The van der Waals surface area contributed by atoms with Crippen molar-refractivity contribution < 1.29 is 9.59 Å². The number of amides is 2. The molecule has 1 aromatic rings. The predicted molar refractivity (Wildman–Crippen MR) is 102 cm³/mol. The molecule has 0 radical (unpaired) electrons. The lowest BCUT2D eigenvalue weighted by Crippen LogP contribution is -2.61. The number of piperazine rings is 1. The molecule has 3 fully saturated rings. The molecule has 0 aliphatic carbocycles. The van der Waals surface area contributed by atoms with Gasteiger partial charge in [-0.3, -0.25) is 19.5 Å². The normalized spacial score (nSPS) is 26.9. The van der Waals surface area contributed by atoms with Crippen LogP contribution in [-0.4, -0.2) is 83.4 Å². The minimum atomic E-state index is -0.0476. The largest absolute Gasteiger partial charge is 0.356 e. The van der Waals surface area contributed by atoms with E-state index in [0.717, 1.165) is 64.2 Å². The molecule has 8 heteroatoms. The fourth-order valence-electron chi connectivity index (χ4n) is 4.49. The van der Waals surface area contributed by atoms with Crippen LogP contribution in [0.2, 0.25) is 0 Å². The van der Waals surface area contributed by atoms with E-state index < -0.39 is 0 Å². The lowest BCUT2D eigenvalue weighted by Gasteiger charge is -2.49. The number of likely N-dealkylation sites (tertiary alicyclic amines) is 1. The van der Waals surface area contributed by atoms with E-state index in [-0.39, 0.29) is 17.4 Å². The topological polar surface area (TPSA) is 81.7 Å². The summed E-state index contributed by atoms with van der Waals surface area (Å²) in [7, 11) is 2.14. The highest BCUT2D eigenvalue weighted by molar-refractivity contribution is 5.92. The molecule has 1 atom stereocenters. The second kappa shape index (κ2) is 7.42. The lowest BCUT2D eigenvalue weighted by molar-refractivity contribution is -0.120. The van der Waals surface area contributed by atoms with Crippen LogP contribution in [0.3, 0.4) is 0 Å². The van der Waals surface area contributed by atoms with Crippen molar-refractivity contribution in [2.24, 2.45) is 0 Å². The summed E-state index contributed by atoms with van der Waals surface area (Å²) in [4.78, 5) is 39.9. The summed E-state index contributed by atoms with van der Waals surface area (Å²) in [5, 5.41) is 2.98. The monoisotopic (exact) mass is 372 g/mol. The molecule has 3 saturated heterocycles. The van der Waals surface area contributed by atoms with Crippen molar-refractivity contribution in [2.45, 2.75) is 37.6 Å². The van der Waals surface area contributed by atoms with Crippen molar-refractivity contribution in [1.82, 2.24) is 25.1 Å². The standard InChI is InChI=1S/C19H28N6O2/c1-23-10-11-25(14-19(23)5-4-17(26)21-7-6-19)16-13-20-12-15(22-16)18(27)24-8-2-3-9-24/h12-13H,2-11,14H2,1H3,(H,21,26). The maximum Gasteiger partial charge on any atom is 0.274 e. The summed E-state index contributed by atoms with van der Waals surface area (Å²) < 4.78 is 0. The van der Waals surface area contributed by atoms with E-state index in [1.165, 1.54) is 0 Å². The SMILES string of the molecule is CN1CCN(c2cncc(C(=O)N3CCCC3)n2)CC12CCNC(=O)CC2. The molecule has 1 unspecified atom stereocenters. The highest BCUT2D eigenvalue weighted by Crippen LogP contribution is 2.32. The minimum Gasteiger partial charge on any atom is -0.356 e. The Morgan fingerprint density at radius 3 is 2.78 bits per heavy atom. The summed E-state index contributed by atoms with van der Waals surface area (Å²) in [5.74, 6) is 0.876. The zero-order valence-electron chi connectivity index (χ0n) is 16.0. The highest BCUT2D eigenvalue weighted by atomic mass is 16.2. The smallest absolute Gasteiger partial charge is 0.274 e. The molecule has 146 valence electrons. The molecule has 8 nitrogen and oxygen atoms in total. The maximum absolute atomic E-state index is 12.7. The molecular formula is C19H28N6O2. The van der Waals surface area contributed by atoms with Crippen LogP contribution in [0.15, 0.2) is 12.4 Å². The molecule has 3 aliphatic rings. The van der Waals surface area contributed by atoms with Gasteiger partial charge in [-0.15, -0.1) is 0 Å². The van der Waals surface area contributed by atoms with E-state index in [0.29, 0.717) is 18.7 Å². The number of likely N-dealkylation sites (N-methyl/N-ethyl adjacent to an activating group) is 1. The van der Waals surface area contributed by atoms with E-state index in [4.69, 9.17) is 0 Å². The van der Waals surface area contributed by atoms with Gasteiger partial charge in [0.1, 0.15) is 11.5 Å². The van der Waals surface area contributed by atoms with Crippen LogP contribution in [0.4, 0.5) is 5.82 Å². The molecule has 3 aliphatic heterocycles. The number of carbonyl (C=O) groups excluding carboxylic acids is 2. The third kappa shape index (κ3) is 3.63. The van der Waals surface area contributed by atoms with Gasteiger partial charge in [0.15, 0.2) is 0 Å². The summed E-state index contributed by atoms with van der Waals surface area (Å²) in [6.07, 6.45) is 7.76.